The number of carbonyl (C=O) groups is 1. The van der Waals surface area contributed by atoms with E-state index in [2.05, 4.69) is 15.3 Å². The molecular formula is C23H27F3N4O3. The number of piperidine rings is 1. The summed E-state index contributed by atoms with van der Waals surface area (Å²) in [4.78, 5) is 32.7. The number of halogens is 3. The van der Waals surface area contributed by atoms with E-state index < -0.39 is 29.3 Å². The molecule has 0 bridgehead atoms. The molecule has 10 heteroatoms. The molecular weight excluding hydrogens is 437 g/mol. The average molecular weight is 464 g/mol. The van der Waals surface area contributed by atoms with Crippen LogP contribution in [0, 0.1) is 5.92 Å². The van der Waals surface area contributed by atoms with Crippen LogP contribution in [0.4, 0.5) is 19.0 Å². The Kier molecular flexibility index (Phi) is 6.73. The second-order valence-corrected chi connectivity index (χ2v) is 8.80. The van der Waals surface area contributed by atoms with Crippen LogP contribution in [0.25, 0.3) is 0 Å². The van der Waals surface area contributed by atoms with Crippen LogP contribution in [-0.4, -0.2) is 46.5 Å². The highest BCUT2D eigenvalue weighted by atomic mass is 19.4. The van der Waals surface area contributed by atoms with Gasteiger partial charge in [-0.15, -0.1) is 0 Å². The topological polar surface area (TPSA) is 87.3 Å². The highest BCUT2D eigenvalue weighted by molar-refractivity contribution is 5.93. The maximum absolute atomic E-state index is 13.5. The van der Waals surface area contributed by atoms with Gasteiger partial charge in [-0.1, -0.05) is 0 Å². The first-order valence-electron chi connectivity index (χ1n) is 11.1. The largest absolute Gasteiger partial charge is 0.492 e. The summed E-state index contributed by atoms with van der Waals surface area (Å²) in [5.41, 5.74) is -1.64. The number of nitrogens with zero attached hydrogens (tertiary/aromatic N) is 2. The van der Waals surface area contributed by atoms with Gasteiger partial charge in [-0.2, -0.15) is 13.2 Å². The van der Waals surface area contributed by atoms with Gasteiger partial charge in [0.25, 0.3) is 0 Å². The number of anilines is 1. The van der Waals surface area contributed by atoms with Crippen molar-refractivity contribution < 1.29 is 22.7 Å². The highest BCUT2D eigenvalue weighted by Crippen LogP contribution is 2.37. The molecule has 2 atom stereocenters. The lowest BCUT2D eigenvalue weighted by molar-refractivity contribution is -0.138. The standard InChI is InChI=1S/C23H27F3N4O3/c1-14(22(32)29-20-7-6-17(10-27-20)33-13-15-4-5-15)30-8-2-3-16(12-30)18-11-28-21(31)9-19(18)23(24,25)26/h6-7,9-11,14-16H,2-5,8,12-13H2,1H3,(H,28,31)(H,27,29,32)/t14-,16+/m0/s1. The van der Waals surface area contributed by atoms with Gasteiger partial charge in [-0.25, -0.2) is 4.98 Å². The van der Waals surface area contributed by atoms with Crippen molar-refractivity contribution in [3.63, 3.8) is 0 Å². The van der Waals surface area contributed by atoms with Crippen LogP contribution >= 0.6 is 0 Å². The molecule has 2 fully saturated rings. The molecule has 178 valence electrons. The van der Waals surface area contributed by atoms with Crippen LogP contribution in [0.5, 0.6) is 5.75 Å². The van der Waals surface area contributed by atoms with E-state index in [-0.39, 0.29) is 18.0 Å². The van der Waals surface area contributed by atoms with Crippen LogP contribution in [0.2, 0.25) is 0 Å². The van der Waals surface area contributed by atoms with E-state index in [1.54, 1.807) is 25.3 Å². The fourth-order valence-corrected chi connectivity index (χ4v) is 4.11. The summed E-state index contributed by atoms with van der Waals surface area (Å²) in [6.45, 7) is 3.27. The molecule has 1 saturated carbocycles. The van der Waals surface area contributed by atoms with Crippen molar-refractivity contribution in [2.75, 3.05) is 25.0 Å². The van der Waals surface area contributed by atoms with E-state index in [0.29, 0.717) is 49.5 Å². The zero-order chi connectivity index (χ0) is 23.6. The summed E-state index contributed by atoms with van der Waals surface area (Å²) in [5.74, 6) is 0.935. The summed E-state index contributed by atoms with van der Waals surface area (Å²) in [6.07, 6.45) is 1.67. The van der Waals surface area contributed by atoms with Gasteiger partial charge < -0.3 is 15.0 Å². The van der Waals surface area contributed by atoms with Crippen LogP contribution in [0.15, 0.2) is 35.4 Å². The molecule has 2 aromatic rings. The summed E-state index contributed by atoms with van der Waals surface area (Å²) in [6, 6.07) is 3.47. The summed E-state index contributed by atoms with van der Waals surface area (Å²) in [7, 11) is 0. The van der Waals surface area contributed by atoms with Gasteiger partial charge in [0.05, 0.1) is 24.4 Å². The predicted octanol–water partition coefficient (Wildman–Crippen LogP) is 3.78. The third kappa shape index (κ3) is 5.93. The number of hydrogen-bond donors (Lipinski definition) is 2. The van der Waals surface area contributed by atoms with Crippen LogP contribution in [-0.2, 0) is 11.0 Å². The summed E-state index contributed by atoms with van der Waals surface area (Å²) >= 11 is 0. The SMILES string of the molecule is C[C@@H](C(=O)Nc1ccc(OCC2CC2)cn1)N1CCC[C@@H](c2c[nH]c(=O)cc2C(F)(F)F)C1. The lowest BCUT2D eigenvalue weighted by atomic mass is 9.88. The van der Waals surface area contributed by atoms with E-state index >= 15 is 0 Å². The first-order valence-corrected chi connectivity index (χ1v) is 11.1. The molecule has 1 amide bonds. The minimum atomic E-state index is -4.62. The highest BCUT2D eigenvalue weighted by Gasteiger charge is 2.37. The van der Waals surface area contributed by atoms with Crippen LogP contribution < -0.4 is 15.6 Å². The monoisotopic (exact) mass is 464 g/mol. The predicted molar refractivity (Wildman–Crippen MR) is 116 cm³/mol. The number of H-pyrrole nitrogens is 1. The maximum atomic E-state index is 13.5. The molecule has 2 aliphatic rings. The number of likely N-dealkylation sites (tertiary alicyclic amines) is 1. The van der Waals surface area contributed by atoms with Crippen molar-refractivity contribution in [1.29, 1.82) is 0 Å². The Bertz CT molecular complexity index is 1030. The average Bonchev–Trinajstić information content (AvgIpc) is 3.62. The Morgan fingerprint density at radius 3 is 2.79 bits per heavy atom. The van der Waals surface area contributed by atoms with Crippen molar-refractivity contribution in [3.8, 4) is 5.75 Å². The van der Waals surface area contributed by atoms with Crippen molar-refractivity contribution in [1.82, 2.24) is 14.9 Å². The Balaban J connectivity index is 1.39. The van der Waals surface area contributed by atoms with Crippen molar-refractivity contribution >= 4 is 11.7 Å². The summed E-state index contributed by atoms with van der Waals surface area (Å²) < 4.78 is 46.1. The number of aromatic amines is 1. The molecule has 7 nitrogen and oxygen atoms in total. The molecule has 33 heavy (non-hydrogen) atoms. The molecule has 3 heterocycles. The lowest BCUT2D eigenvalue weighted by Gasteiger charge is -2.36. The third-order valence-corrected chi connectivity index (χ3v) is 6.25. The Morgan fingerprint density at radius 1 is 1.33 bits per heavy atom. The maximum Gasteiger partial charge on any atom is 0.416 e. The zero-order valence-electron chi connectivity index (χ0n) is 18.3. The molecule has 2 N–H and O–H groups in total. The second kappa shape index (κ2) is 9.54. The van der Waals surface area contributed by atoms with E-state index in [4.69, 9.17) is 4.74 Å². The van der Waals surface area contributed by atoms with E-state index in [1.807, 2.05) is 4.90 Å². The van der Waals surface area contributed by atoms with Gasteiger partial charge in [-0.3, -0.25) is 14.5 Å². The van der Waals surface area contributed by atoms with Crippen LogP contribution in [0.3, 0.4) is 0 Å². The van der Waals surface area contributed by atoms with Crippen LogP contribution in [0.1, 0.15) is 49.7 Å². The van der Waals surface area contributed by atoms with Gasteiger partial charge >= 0.3 is 6.18 Å². The third-order valence-electron chi connectivity index (χ3n) is 6.25. The molecule has 0 aromatic carbocycles. The number of alkyl halides is 3. The molecule has 4 rings (SSSR count). The van der Waals surface area contributed by atoms with Crippen molar-refractivity contribution in [2.24, 2.45) is 5.92 Å². The number of hydrogen-bond acceptors (Lipinski definition) is 5. The fraction of sp³-hybridized carbons (Fsp3) is 0.522. The molecule has 1 aliphatic carbocycles. The summed E-state index contributed by atoms with van der Waals surface area (Å²) in [5, 5.41) is 2.77. The van der Waals surface area contributed by atoms with Gasteiger partial charge in [0, 0.05) is 18.8 Å². The quantitative estimate of drug-likeness (QED) is 0.651. The Hall–Kier alpha value is -2.88. The molecule has 0 spiro atoms. The minimum absolute atomic E-state index is 0.0582. The molecule has 2 aromatic heterocycles. The smallest absolute Gasteiger partial charge is 0.416 e. The minimum Gasteiger partial charge on any atom is -0.492 e. The van der Waals surface area contributed by atoms with Crippen molar-refractivity contribution in [3.05, 3.63) is 52.1 Å². The number of ether oxygens (including phenoxy) is 1. The first kappa shape index (κ1) is 23.3. The normalized spacial score (nSPS) is 20.3. The Morgan fingerprint density at radius 2 is 2.12 bits per heavy atom. The van der Waals surface area contributed by atoms with Gasteiger partial charge in [0.1, 0.15) is 11.6 Å². The van der Waals surface area contributed by atoms with Gasteiger partial charge in [0.2, 0.25) is 11.5 Å². The molecule has 1 saturated heterocycles. The number of amides is 1. The van der Waals surface area contributed by atoms with Crippen molar-refractivity contribution in [2.45, 2.75) is 50.7 Å². The fourth-order valence-electron chi connectivity index (χ4n) is 4.11. The number of nitrogens with one attached hydrogen (secondary N) is 2. The van der Waals surface area contributed by atoms with Gasteiger partial charge in [0.15, 0.2) is 0 Å². The number of pyridine rings is 2. The first-order chi connectivity index (χ1) is 15.7. The second-order valence-electron chi connectivity index (χ2n) is 8.80. The number of rotatable bonds is 7. The lowest BCUT2D eigenvalue weighted by Crippen LogP contribution is -2.46. The van der Waals surface area contributed by atoms with E-state index in [9.17, 15) is 22.8 Å². The molecule has 0 unspecified atom stereocenters. The molecule has 1 aliphatic heterocycles. The molecule has 0 radical (unpaired) electrons. The zero-order valence-corrected chi connectivity index (χ0v) is 18.3. The van der Waals surface area contributed by atoms with E-state index in [0.717, 1.165) is 6.20 Å². The Labute approximate surface area is 189 Å². The number of carbonyl (C=O) groups excluding carboxylic acids is 1. The van der Waals surface area contributed by atoms with Gasteiger partial charge in [-0.05, 0) is 68.7 Å². The number of aromatic nitrogens is 2. The van der Waals surface area contributed by atoms with E-state index in [1.165, 1.54) is 12.8 Å².